The summed E-state index contributed by atoms with van der Waals surface area (Å²) in [5.41, 5.74) is -2.17. The van der Waals surface area contributed by atoms with Gasteiger partial charge in [0.1, 0.15) is 5.60 Å². The smallest absolute Gasteiger partial charge is 0.408 e. The Kier molecular flexibility index (Phi) is 6.82. The summed E-state index contributed by atoms with van der Waals surface area (Å²) in [5, 5.41) is 15.0. The molecule has 0 saturated carbocycles. The Bertz CT molecular complexity index is 517. The summed E-state index contributed by atoms with van der Waals surface area (Å²) in [6.07, 6.45) is 0.258. The Labute approximate surface area is 149 Å². The lowest BCUT2D eigenvalue weighted by Crippen LogP contribution is -2.58. The molecule has 1 aliphatic rings. The van der Waals surface area contributed by atoms with Gasteiger partial charge in [-0.05, 0) is 47.5 Å². The fourth-order valence-corrected chi connectivity index (χ4v) is 2.63. The van der Waals surface area contributed by atoms with Crippen molar-refractivity contribution in [1.29, 1.82) is 0 Å². The predicted octanol–water partition coefficient (Wildman–Crippen LogP) is 1.34. The highest BCUT2D eigenvalue weighted by molar-refractivity contribution is 5.86. The number of carboxylic acids is 1. The number of hydrogen-bond donors (Lipinski definition) is 3. The zero-order valence-corrected chi connectivity index (χ0v) is 16.0. The number of carbonyl (C=O) groups excluding carboxylic acids is 2. The number of amides is 2. The lowest BCUT2D eigenvalue weighted by atomic mass is 9.99. The van der Waals surface area contributed by atoms with Crippen LogP contribution in [0.25, 0.3) is 0 Å². The molecule has 8 heteroatoms. The monoisotopic (exact) mass is 357 g/mol. The minimum Gasteiger partial charge on any atom is -0.479 e. The van der Waals surface area contributed by atoms with Crippen LogP contribution >= 0.6 is 0 Å². The van der Waals surface area contributed by atoms with Gasteiger partial charge in [-0.15, -0.1) is 0 Å². The minimum atomic E-state index is -1.45. The molecule has 2 amide bonds. The molecule has 25 heavy (non-hydrogen) atoms. The van der Waals surface area contributed by atoms with Crippen LogP contribution in [0.3, 0.4) is 0 Å². The number of alkyl carbamates (subject to hydrolysis) is 1. The van der Waals surface area contributed by atoms with Gasteiger partial charge in [0.05, 0.1) is 6.04 Å². The fourth-order valence-electron chi connectivity index (χ4n) is 2.63. The zero-order chi connectivity index (χ0) is 19.4. The van der Waals surface area contributed by atoms with Crippen molar-refractivity contribution in [3.63, 3.8) is 0 Å². The maximum absolute atomic E-state index is 12.3. The van der Waals surface area contributed by atoms with Crippen LogP contribution in [-0.2, 0) is 14.3 Å². The van der Waals surface area contributed by atoms with Gasteiger partial charge >= 0.3 is 12.1 Å². The number of likely N-dealkylation sites (tertiary alicyclic amines) is 1. The number of nitrogens with one attached hydrogen (secondary N) is 2. The molecule has 0 aromatic heterocycles. The molecular weight excluding hydrogens is 326 g/mol. The van der Waals surface area contributed by atoms with Crippen molar-refractivity contribution in [1.82, 2.24) is 15.5 Å². The average Bonchev–Trinajstić information content (AvgIpc) is 2.89. The standard InChI is InChI=1S/C17H31N3O5/c1-7-11(2)18-13(21)12(3)20-9-8-17(10-20,14(22)23)19-15(24)25-16(4,5)6/h11-12H,7-10H2,1-6H3,(H,18,21)(H,19,24)(H,22,23). The van der Waals surface area contributed by atoms with Gasteiger partial charge in [-0.25, -0.2) is 9.59 Å². The van der Waals surface area contributed by atoms with E-state index in [4.69, 9.17) is 4.74 Å². The van der Waals surface area contributed by atoms with Crippen molar-refractivity contribution in [2.75, 3.05) is 13.1 Å². The molecule has 3 N–H and O–H groups in total. The van der Waals surface area contributed by atoms with Crippen LogP contribution in [0, 0.1) is 0 Å². The molecule has 0 spiro atoms. The Morgan fingerprint density at radius 3 is 2.36 bits per heavy atom. The number of hydrogen-bond acceptors (Lipinski definition) is 5. The normalized spacial score (nSPS) is 23.6. The Hall–Kier alpha value is -1.83. The van der Waals surface area contributed by atoms with E-state index >= 15 is 0 Å². The first-order valence-electron chi connectivity index (χ1n) is 8.69. The van der Waals surface area contributed by atoms with Gasteiger partial charge in [-0.3, -0.25) is 9.69 Å². The summed E-state index contributed by atoms with van der Waals surface area (Å²) in [4.78, 5) is 37.9. The molecule has 8 nitrogen and oxygen atoms in total. The Morgan fingerprint density at radius 1 is 1.28 bits per heavy atom. The number of carbonyl (C=O) groups is 3. The average molecular weight is 357 g/mol. The number of rotatable bonds is 6. The molecule has 1 aliphatic heterocycles. The molecule has 1 fully saturated rings. The third kappa shape index (κ3) is 5.88. The Morgan fingerprint density at radius 2 is 1.88 bits per heavy atom. The summed E-state index contributed by atoms with van der Waals surface area (Å²) in [6.45, 7) is 11.2. The van der Waals surface area contributed by atoms with E-state index in [0.29, 0.717) is 6.54 Å². The summed E-state index contributed by atoms with van der Waals surface area (Å²) in [5.74, 6) is -1.27. The van der Waals surface area contributed by atoms with E-state index in [0.717, 1.165) is 6.42 Å². The van der Waals surface area contributed by atoms with Crippen molar-refractivity contribution >= 4 is 18.0 Å². The summed E-state index contributed by atoms with van der Waals surface area (Å²) >= 11 is 0. The van der Waals surface area contributed by atoms with Crippen molar-refractivity contribution in [2.45, 2.75) is 77.6 Å². The fraction of sp³-hybridized carbons (Fsp3) is 0.824. The van der Waals surface area contributed by atoms with Gasteiger partial charge in [0.25, 0.3) is 0 Å². The van der Waals surface area contributed by atoms with Crippen molar-refractivity contribution in [2.24, 2.45) is 0 Å². The van der Waals surface area contributed by atoms with Crippen LogP contribution in [0.2, 0.25) is 0 Å². The van der Waals surface area contributed by atoms with E-state index in [9.17, 15) is 19.5 Å². The van der Waals surface area contributed by atoms with Crippen molar-refractivity contribution < 1.29 is 24.2 Å². The van der Waals surface area contributed by atoms with Gasteiger partial charge in [-0.2, -0.15) is 0 Å². The van der Waals surface area contributed by atoms with E-state index in [-0.39, 0.29) is 24.9 Å². The molecule has 3 atom stereocenters. The summed E-state index contributed by atoms with van der Waals surface area (Å²) in [6, 6.07) is -0.419. The Balaban J connectivity index is 2.78. The van der Waals surface area contributed by atoms with Crippen LogP contribution < -0.4 is 10.6 Å². The second-order valence-electron chi connectivity index (χ2n) is 7.73. The maximum atomic E-state index is 12.3. The summed E-state index contributed by atoms with van der Waals surface area (Å²) < 4.78 is 5.17. The molecule has 0 aliphatic carbocycles. The lowest BCUT2D eigenvalue weighted by molar-refractivity contribution is -0.144. The van der Waals surface area contributed by atoms with Crippen molar-refractivity contribution in [3.8, 4) is 0 Å². The largest absolute Gasteiger partial charge is 0.479 e. The van der Waals surface area contributed by atoms with Gasteiger partial charge < -0.3 is 20.5 Å². The van der Waals surface area contributed by atoms with Gasteiger partial charge in [0, 0.05) is 19.1 Å². The highest BCUT2D eigenvalue weighted by atomic mass is 16.6. The molecule has 0 aromatic carbocycles. The third-order valence-corrected chi connectivity index (χ3v) is 4.38. The third-order valence-electron chi connectivity index (χ3n) is 4.38. The van der Waals surface area contributed by atoms with Gasteiger partial charge in [-0.1, -0.05) is 6.92 Å². The highest BCUT2D eigenvalue weighted by Gasteiger charge is 2.48. The van der Waals surface area contributed by atoms with Crippen LogP contribution in [-0.4, -0.2) is 64.3 Å². The van der Waals surface area contributed by atoms with E-state index < -0.39 is 29.2 Å². The maximum Gasteiger partial charge on any atom is 0.408 e. The number of aliphatic carboxylic acids is 1. The molecule has 0 bridgehead atoms. The second-order valence-corrected chi connectivity index (χ2v) is 7.73. The van der Waals surface area contributed by atoms with Gasteiger partial charge in [0.15, 0.2) is 5.54 Å². The topological polar surface area (TPSA) is 108 Å². The van der Waals surface area contributed by atoms with Crippen LogP contribution in [0.5, 0.6) is 0 Å². The second kappa shape index (κ2) is 8.03. The summed E-state index contributed by atoms with van der Waals surface area (Å²) in [7, 11) is 0. The number of ether oxygens (including phenoxy) is 1. The molecule has 1 saturated heterocycles. The molecule has 3 unspecified atom stereocenters. The lowest BCUT2D eigenvalue weighted by Gasteiger charge is -2.30. The predicted molar refractivity (Wildman–Crippen MR) is 93.3 cm³/mol. The van der Waals surface area contributed by atoms with E-state index in [1.807, 2.05) is 13.8 Å². The van der Waals surface area contributed by atoms with E-state index in [1.54, 1.807) is 32.6 Å². The minimum absolute atomic E-state index is 0.0523. The molecule has 0 aromatic rings. The van der Waals surface area contributed by atoms with E-state index in [2.05, 4.69) is 10.6 Å². The van der Waals surface area contributed by atoms with Gasteiger partial charge in [0.2, 0.25) is 5.91 Å². The molecular formula is C17H31N3O5. The molecule has 1 rings (SSSR count). The zero-order valence-electron chi connectivity index (χ0n) is 16.0. The number of nitrogens with zero attached hydrogens (tertiary/aromatic N) is 1. The number of carboxylic acid groups (broad SMARTS) is 1. The van der Waals surface area contributed by atoms with E-state index in [1.165, 1.54) is 0 Å². The quantitative estimate of drug-likeness (QED) is 0.662. The van der Waals surface area contributed by atoms with Crippen LogP contribution in [0.4, 0.5) is 4.79 Å². The van der Waals surface area contributed by atoms with Crippen LogP contribution in [0.15, 0.2) is 0 Å². The molecule has 1 heterocycles. The molecule has 144 valence electrons. The first-order chi connectivity index (χ1) is 11.4. The highest BCUT2D eigenvalue weighted by Crippen LogP contribution is 2.24. The van der Waals surface area contributed by atoms with Crippen LogP contribution in [0.1, 0.15) is 54.4 Å². The van der Waals surface area contributed by atoms with Crippen molar-refractivity contribution in [3.05, 3.63) is 0 Å². The first-order valence-corrected chi connectivity index (χ1v) is 8.69. The first kappa shape index (κ1) is 21.2. The SMILES string of the molecule is CCC(C)NC(=O)C(C)N1CCC(NC(=O)OC(C)(C)C)(C(=O)O)C1. The molecule has 0 radical (unpaired) electrons.